The van der Waals surface area contributed by atoms with Gasteiger partial charge in [0, 0.05) is 31.7 Å². The van der Waals surface area contributed by atoms with Gasteiger partial charge in [-0.15, -0.1) is 0 Å². The molecule has 18 heavy (non-hydrogen) atoms. The summed E-state index contributed by atoms with van der Waals surface area (Å²) in [5, 5.41) is 3.28. The Morgan fingerprint density at radius 2 is 2.06 bits per heavy atom. The van der Waals surface area contributed by atoms with Crippen molar-refractivity contribution < 1.29 is 0 Å². The zero-order valence-electron chi connectivity index (χ0n) is 12.1. The van der Waals surface area contributed by atoms with Crippen LogP contribution in [0.1, 0.15) is 33.0 Å². The molecule has 0 fully saturated rings. The summed E-state index contributed by atoms with van der Waals surface area (Å²) in [7, 11) is 2.00. The number of aromatic nitrogens is 2. The van der Waals surface area contributed by atoms with Gasteiger partial charge in [0.25, 0.3) is 0 Å². The normalized spacial score (nSPS) is 11.4. The molecule has 1 heterocycles. The van der Waals surface area contributed by atoms with Crippen LogP contribution >= 0.6 is 0 Å². The summed E-state index contributed by atoms with van der Waals surface area (Å²) >= 11 is 0. The summed E-state index contributed by atoms with van der Waals surface area (Å²) in [5.41, 5.74) is 5.78. The van der Waals surface area contributed by atoms with Gasteiger partial charge < -0.3 is 16.0 Å². The van der Waals surface area contributed by atoms with Crippen LogP contribution in [0.5, 0.6) is 0 Å². The van der Waals surface area contributed by atoms with E-state index in [1.807, 2.05) is 33.9 Å². The first-order valence-corrected chi connectivity index (χ1v) is 6.41. The van der Waals surface area contributed by atoms with Crippen LogP contribution in [-0.2, 0) is 0 Å². The molecule has 0 amide bonds. The Balaban J connectivity index is 2.84. The minimum atomic E-state index is -0.245. The maximum atomic E-state index is 6.03. The largest absolute Gasteiger partial charge is 0.370 e. The van der Waals surface area contributed by atoms with Crippen LogP contribution in [0.2, 0.25) is 0 Å². The standard InChI is InChI=1S/C13H25N5/c1-6-7-15-11-8-12(17-10(2)16-11)18(5)9-13(3,4)14/h8H,6-7,9,14H2,1-5H3,(H,15,16,17). The number of anilines is 2. The van der Waals surface area contributed by atoms with Crippen molar-refractivity contribution >= 4 is 11.6 Å². The highest BCUT2D eigenvalue weighted by Gasteiger charge is 2.16. The Labute approximate surface area is 110 Å². The van der Waals surface area contributed by atoms with E-state index >= 15 is 0 Å². The molecular weight excluding hydrogens is 226 g/mol. The van der Waals surface area contributed by atoms with Gasteiger partial charge in [-0.2, -0.15) is 0 Å². The van der Waals surface area contributed by atoms with Crippen molar-refractivity contribution in [1.82, 2.24) is 9.97 Å². The Hall–Kier alpha value is -1.36. The minimum absolute atomic E-state index is 0.245. The quantitative estimate of drug-likeness (QED) is 0.806. The second-order valence-corrected chi connectivity index (χ2v) is 5.43. The number of nitrogens with one attached hydrogen (secondary N) is 1. The summed E-state index contributed by atoms with van der Waals surface area (Å²) < 4.78 is 0. The molecule has 102 valence electrons. The van der Waals surface area contributed by atoms with Crippen molar-refractivity contribution in [1.29, 1.82) is 0 Å². The van der Waals surface area contributed by atoms with Crippen molar-refractivity contribution in [3.8, 4) is 0 Å². The van der Waals surface area contributed by atoms with E-state index in [1.54, 1.807) is 0 Å². The smallest absolute Gasteiger partial charge is 0.134 e. The van der Waals surface area contributed by atoms with Gasteiger partial charge in [0.15, 0.2) is 0 Å². The SMILES string of the molecule is CCCNc1cc(N(C)CC(C)(C)N)nc(C)n1. The molecule has 0 radical (unpaired) electrons. The third kappa shape index (κ3) is 4.87. The Bertz CT molecular complexity index is 383. The van der Waals surface area contributed by atoms with E-state index in [9.17, 15) is 0 Å². The molecule has 0 aromatic carbocycles. The molecule has 5 nitrogen and oxygen atoms in total. The Morgan fingerprint density at radius 3 is 2.61 bits per heavy atom. The molecule has 0 aliphatic carbocycles. The van der Waals surface area contributed by atoms with Crippen LogP contribution in [-0.4, -0.2) is 35.6 Å². The van der Waals surface area contributed by atoms with Gasteiger partial charge in [0.05, 0.1) is 0 Å². The maximum Gasteiger partial charge on any atom is 0.134 e. The topological polar surface area (TPSA) is 67.1 Å². The fourth-order valence-corrected chi connectivity index (χ4v) is 1.78. The van der Waals surface area contributed by atoms with E-state index in [0.29, 0.717) is 0 Å². The van der Waals surface area contributed by atoms with Gasteiger partial charge in [-0.1, -0.05) is 6.92 Å². The number of nitrogens with zero attached hydrogens (tertiary/aromatic N) is 3. The molecule has 0 unspecified atom stereocenters. The maximum absolute atomic E-state index is 6.03. The number of hydrogen-bond acceptors (Lipinski definition) is 5. The molecular formula is C13H25N5. The van der Waals surface area contributed by atoms with Crippen molar-refractivity contribution in [2.75, 3.05) is 30.4 Å². The summed E-state index contributed by atoms with van der Waals surface area (Å²) in [4.78, 5) is 10.9. The van der Waals surface area contributed by atoms with Crippen molar-refractivity contribution in [3.63, 3.8) is 0 Å². The lowest BCUT2D eigenvalue weighted by Crippen LogP contribution is -2.44. The molecule has 0 aliphatic heterocycles. The van der Waals surface area contributed by atoms with Crippen molar-refractivity contribution in [3.05, 3.63) is 11.9 Å². The number of rotatable bonds is 6. The van der Waals surface area contributed by atoms with E-state index in [0.717, 1.165) is 37.0 Å². The minimum Gasteiger partial charge on any atom is -0.370 e. The average Bonchev–Trinajstić information content (AvgIpc) is 2.23. The van der Waals surface area contributed by atoms with E-state index < -0.39 is 0 Å². The number of nitrogens with two attached hydrogens (primary N) is 1. The van der Waals surface area contributed by atoms with Gasteiger partial charge in [0.2, 0.25) is 0 Å². The van der Waals surface area contributed by atoms with Crippen LogP contribution in [0.4, 0.5) is 11.6 Å². The zero-order chi connectivity index (χ0) is 13.8. The zero-order valence-corrected chi connectivity index (χ0v) is 12.1. The first-order valence-electron chi connectivity index (χ1n) is 6.41. The molecule has 0 spiro atoms. The van der Waals surface area contributed by atoms with Gasteiger partial charge >= 0.3 is 0 Å². The number of hydrogen-bond donors (Lipinski definition) is 2. The highest BCUT2D eigenvalue weighted by molar-refractivity contribution is 5.49. The van der Waals surface area contributed by atoms with Gasteiger partial charge in [-0.05, 0) is 27.2 Å². The summed E-state index contributed by atoms with van der Waals surface area (Å²) in [6.45, 7) is 9.72. The lowest BCUT2D eigenvalue weighted by molar-refractivity contribution is 0.517. The molecule has 3 N–H and O–H groups in total. The fourth-order valence-electron chi connectivity index (χ4n) is 1.78. The van der Waals surface area contributed by atoms with Crippen molar-refractivity contribution in [2.45, 2.75) is 39.7 Å². The summed E-state index contributed by atoms with van der Waals surface area (Å²) in [6.07, 6.45) is 1.07. The molecule has 0 saturated carbocycles. The number of aryl methyl sites for hydroxylation is 1. The Morgan fingerprint density at radius 1 is 1.39 bits per heavy atom. The second-order valence-electron chi connectivity index (χ2n) is 5.43. The summed E-state index contributed by atoms with van der Waals surface area (Å²) in [6, 6.07) is 1.97. The fraction of sp³-hybridized carbons (Fsp3) is 0.692. The van der Waals surface area contributed by atoms with Crippen LogP contribution in [0, 0.1) is 6.92 Å². The van der Waals surface area contributed by atoms with Gasteiger partial charge in [0.1, 0.15) is 17.5 Å². The summed E-state index contributed by atoms with van der Waals surface area (Å²) in [5.74, 6) is 2.55. The first kappa shape index (κ1) is 14.7. The predicted octanol–water partition coefficient (Wildman–Crippen LogP) is 1.78. The average molecular weight is 251 g/mol. The molecule has 0 atom stereocenters. The van der Waals surface area contributed by atoms with Crippen LogP contribution in [0.25, 0.3) is 0 Å². The van der Waals surface area contributed by atoms with Gasteiger partial charge in [-0.25, -0.2) is 9.97 Å². The highest BCUT2D eigenvalue weighted by Crippen LogP contribution is 2.16. The lowest BCUT2D eigenvalue weighted by Gasteiger charge is -2.27. The third-order valence-corrected chi connectivity index (χ3v) is 2.42. The van der Waals surface area contributed by atoms with E-state index in [-0.39, 0.29) is 5.54 Å². The molecule has 0 aliphatic rings. The molecule has 1 aromatic rings. The molecule has 5 heteroatoms. The first-order chi connectivity index (χ1) is 8.31. The predicted molar refractivity (Wildman–Crippen MR) is 77.1 cm³/mol. The Kier molecular flexibility index (Phi) is 4.90. The lowest BCUT2D eigenvalue weighted by atomic mass is 10.1. The van der Waals surface area contributed by atoms with Crippen LogP contribution < -0.4 is 16.0 Å². The van der Waals surface area contributed by atoms with E-state index in [1.165, 1.54) is 0 Å². The van der Waals surface area contributed by atoms with Gasteiger partial charge in [-0.3, -0.25) is 0 Å². The molecule has 1 rings (SSSR count). The molecule has 0 saturated heterocycles. The number of likely N-dealkylation sites (N-methyl/N-ethyl adjacent to an activating group) is 1. The van der Waals surface area contributed by atoms with E-state index in [4.69, 9.17) is 5.73 Å². The third-order valence-electron chi connectivity index (χ3n) is 2.42. The van der Waals surface area contributed by atoms with E-state index in [2.05, 4.69) is 27.1 Å². The second kappa shape index (κ2) is 6.00. The van der Waals surface area contributed by atoms with Crippen LogP contribution in [0.15, 0.2) is 6.07 Å². The monoisotopic (exact) mass is 251 g/mol. The van der Waals surface area contributed by atoms with Crippen LogP contribution in [0.3, 0.4) is 0 Å². The molecule has 0 bridgehead atoms. The van der Waals surface area contributed by atoms with Crippen molar-refractivity contribution in [2.24, 2.45) is 5.73 Å². The highest BCUT2D eigenvalue weighted by atomic mass is 15.2. The molecule has 1 aromatic heterocycles.